The highest BCUT2D eigenvalue weighted by atomic mass is 32.2. The molecule has 4 atom stereocenters. The Morgan fingerprint density at radius 2 is 1.90 bits per heavy atom. The van der Waals surface area contributed by atoms with Crippen LogP contribution in [-0.2, 0) is 16.0 Å². The fraction of sp³-hybridized carbons (Fsp3) is 0.636. The first kappa shape index (κ1) is 23.7. The number of benzene rings is 1. The van der Waals surface area contributed by atoms with E-state index in [0.29, 0.717) is 18.6 Å². The summed E-state index contributed by atoms with van der Waals surface area (Å²) in [6.45, 7) is 0. The minimum Gasteiger partial charge on any atom is -0.497 e. The molecule has 162 valence electrons. The number of carboxylic acid groups (broad SMARTS) is 1. The third kappa shape index (κ3) is 7.99. The van der Waals surface area contributed by atoms with Gasteiger partial charge in [-0.3, -0.25) is 9.59 Å². The number of aliphatic carboxylic acids is 1. The average Bonchev–Trinajstić information content (AvgIpc) is 2.95. The highest BCUT2D eigenvalue weighted by Crippen LogP contribution is 2.36. The maximum Gasteiger partial charge on any atom is 0.303 e. The molecule has 2 unspecified atom stereocenters. The summed E-state index contributed by atoms with van der Waals surface area (Å²) in [6, 6.07) is 7.57. The van der Waals surface area contributed by atoms with Crippen LogP contribution in [0.1, 0.15) is 50.5 Å². The maximum atomic E-state index is 12.3. The van der Waals surface area contributed by atoms with Crippen molar-refractivity contribution in [2.45, 2.75) is 68.8 Å². The molecule has 0 aromatic heterocycles. The molecule has 0 amide bonds. The van der Waals surface area contributed by atoms with E-state index in [4.69, 9.17) is 9.84 Å². The zero-order valence-electron chi connectivity index (χ0n) is 17.0. The molecule has 1 aromatic carbocycles. The van der Waals surface area contributed by atoms with Crippen molar-refractivity contribution in [2.75, 3.05) is 12.9 Å². The lowest BCUT2D eigenvalue weighted by Crippen LogP contribution is -2.26. The van der Waals surface area contributed by atoms with E-state index >= 15 is 0 Å². The summed E-state index contributed by atoms with van der Waals surface area (Å²) in [5.74, 6) is 0.392. The van der Waals surface area contributed by atoms with E-state index in [0.717, 1.165) is 37.0 Å². The molecule has 2 rings (SSSR count). The quantitative estimate of drug-likeness (QED) is 0.418. The summed E-state index contributed by atoms with van der Waals surface area (Å²) in [5.41, 5.74) is 1.01. The molecule has 1 aliphatic rings. The van der Waals surface area contributed by atoms with Crippen LogP contribution in [0.5, 0.6) is 5.75 Å². The van der Waals surface area contributed by atoms with Crippen molar-refractivity contribution in [3.8, 4) is 5.75 Å². The number of hydrogen-bond donors (Lipinski definition) is 3. The van der Waals surface area contributed by atoms with Crippen molar-refractivity contribution in [1.82, 2.24) is 0 Å². The second-order valence-electron chi connectivity index (χ2n) is 7.69. The number of carbonyl (C=O) groups is 2. The van der Waals surface area contributed by atoms with Crippen LogP contribution in [0.3, 0.4) is 0 Å². The molecule has 0 heterocycles. The van der Waals surface area contributed by atoms with Gasteiger partial charge in [0, 0.05) is 29.8 Å². The lowest BCUT2D eigenvalue weighted by Gasteiger charge is -2.22. The number of methoxy groups -OCH3 is 1. The molecule has 0 bridgehead atoms. The SMILES string of the molecule is COc1ccc(CC(O)CS[C@H]2C(O)CC(=O)[C@@H]2CCCCCCC(=O)O)cc1. The Labute approximate surface area is 176 Å². The van der Waals surface area contributed by atoms with Crippen LogP contribution in [0.4, 0.5) is 0 Å². The van der Waals surface area contributed by atoms with E-state index in [1.54, 1.807) is 7.11 Å². The van der Waals surface area contributed by atoms with Gasteiger partial charge in [0.1, 0.15) is 11.5 Å². The topological polar surface area (TPSA) is 104 Å². The molecule has 7 heteroatoms. The van der Waals surface area contributed by atoms with Crippen molar-refractivity contribution >= 4 is 23.5 Å². The van der Waals surface area contributed by atoms with Crippen LogP contribution < -0.4 is 4.74 Å². The molecule has 29 heavy (non-hydrogen) atoms. The zero-order valence-corrected chi connectivity index (χ0v) is 17.8. The summed E-state index contributed by atoms with van der Waals surface area (Å²) >= 11 is 1.49. The molecule has 0 aliphatic heterocycles. The third-order valence-corrected chi connectivity index (χ3v) is 6.97. The molecule has 1 saturated carbocycles. The molecule has 0 saturated heterocycles. The van der Waals surface area contributed by atoms with Crippen LogP contribution in [0.15, 0.2) is 24.3 Å². The first-order valence-corrected chi connectivity index (χ1v) is 11.3. The molecular formula is C22H32O6S. The van der Waals surface area contributed by atoms with Gasteiger partial charge in [0.2, 0.25) is 0 Å². The van der Waals surface area contributed by atoms with E-state index in [1.807, 2.05) is 24.3 Å². The van der Waals surface area contributed by atoms with Gasteiger partial charge >= 0.3 is 5.97 Å². The Morgan fingerprint density at radius 3 is 2.55 bits per heavy atom. The molecule has 1 aromatic rings. The number of aliphatic hydroxyl groups excluding tert-OH is 2. The molecule has 1 aliphatic carbocycles. The predicted octanol–water partition coefficient (Wildman–Crippen LogP) is 3.08. The van der Waals surface area contributed by atoms with E-state index in [9.17, 15) is 19.8 Å². The van der Waals surface area contributed by atoms with Gasteiger partial charge in [-0.2, -0.15) is 11.8 Å². The number of thioether (sulfide) groups is 1. The van der Waals surface area contributed by atoms with Crippen molar-refractivity contribution in [2.24, 2.45) is 5.92 Å². The van der Waals surface area contributed by atoms with Gasteiger partial charge in [-0.05, 0) is 37.0 Å². The van der Waals surface area contributed by atoms with E-state index in [2.05, 4.69) is 0 Å². The van der Waals surface area contributed by atoms with Gasteiger partial charge in [0.05, 0.1) is 19.3 Å². The normalized spacial score (nSPS) is 22.6. The smallest absolute Gasteiger partial charge is 0.303 e. The number of unbranched alkanes of at least 4 members (excludes halogenated alkanes) is 3. The number of Topliss-reactive ketones (excluding diaryl/α,β-unsaturated/α-hetero) is 1. The largest absolute Gasteiger partial charge is 0.497 e. The fourth-order valence-corrected chi connectivity index (χ4v) is 5.19. The standard InChI is InChI=1S/C22H32O6S/c1-28-17-10-8-15(9-11-17)12-16(23)14-29-22-18(19(24)13-20(22)25)6-4-2-3-5-7-21(26)27/h8-11,16,18,20,22-23,25H,2-7,12-14H2,1H3,(H,26,27)/t16?,18-,20?,22+/m0/s1. The summed E-state index contributed by atoms with van der Waals surface area (Å²) in [7, 11) is 1.61. The predicted molar refractivity (Wildman–Crippen MR) is 113 cm³/mol. The summed E-state index contributed by atoms with van der Waals surface area (Å²) < 4.78 is 5.13. The van der Waals surface area contributed by atoms with Crippen molar-refractivity contribution < 1.29 is 29.6 Å². The highest BCUT2D eigenvalue weighted by Gasteiger charge is 2.41. The first-order chi connectivity index (χ1) is 13.9. The number of aliphatic hydroxyl groups is 2. The third-order valence-electron chi connectivity index (χ3n) is 5.37. The van der Waals surface area contributed by atoms with Gasteiger partial charge in [-0.25, -0.2) is 0 Å². The highest BCUT2D eigenvalue weighted by molar-refractivity contribution is 8.00. The fourth-order valence-electron chi connectivity index (χ4n) is 3.79. The van der Waals surface area contributed by atoms with E-state index in [-0.39, 0.29) is 29.8 Å². The second kappa shape index (κ2) is 12.2. The van der Waals surface area contributed by atoms with E-state index in [1.165, 1.54) is 11.8 Å². The van der Waals surface area contributed by atoms with Gasteiger partial charge in [0.25, 0.3) is 0 Å². The van der Waals surface area contributed by atoms with Gasteiger partial charge < -0.3 is 20.1 Å². The number of carbonyl (C=O) groups excluding carboxylic acids is 1. The number of ether oxygens (including phenoxy) is 1. The Morgan fingerprint density at radius 1 is 1.21 bits per heavy atom. The molecule has 3 N–H and O–H groups in total. The summed E-state index contributed by atoms with van der Waals surface area (Å²) in [4.78, 5) is 22.8. The monoisotopic (exact) mass is 424 g/mol. The summed E-state index contributed by atoms with van der Waals surface area (Å²) in [6.07, 6.45) is 3.66. The minimum absolute atomic E-state index is 0.102. The lowest BCUT2D eigenvalue weighted by atomic mass is 9.98. The summed E-state index contributed by atoms with van der Waals surface area (Å²) in [5, 5.41) is 29.2. The maximum absolute atomic E-state index is 12.3. The molecular weight excluding hydrogens is 392 g/mol. The molecule has 1 fully saturated rings. The van der Waals surface area contributed by atoms with Gasteiger partial charge in [-0.15, -0.1) is 0 Å². The van der Waals surface area contributed by atoms with Crippen LogP contribution >= 0.6 is 11.8 Å². The van der Waals surface area contributed by atoms with Gasteiger partial charge in [0.15, 0.2) is 0 Å². The van der Waals surface area contributed by atoms with Crippen molar-refractivity contribution in [3.05, 3.63) is 29.8 Å². The lowest BCUT2D eigenvalue weighted by molar-refractivity contribution is -0.137. The van der Waals surface area contributed by atoms with E-state index < -0.39 is 18.2 Å². The first-order valence-electron chi connectivity index (χ1n) is 10.3. The average molecular weight is 425 g/mol. The van der Waals surface area contributed by atoms with Crippen LogP contribution in [0.2, 0.25) is 0 Å². The van der Waals surface area contributed by atoms with Gasteiger partial charge in [-0.1, -0.05) is 31.4 Å². The number of rotatable bonds is 13. The molecule has 6 nitrogen and oxygen atoms in total. The Hall–Kier alpha value is -1.57. The van der Waals surface area contributed by atoms with Crippen molar-refractivity contribution in [3.63, 3.8) is 0 Å². The number of carboxylic acids is 1. The van der Waals surface area contributed by atoms with Crippen LogP contribution in [-0.4, -0.2) is 57.4 Å². The Balaban J connectivity index is 1.75. The van der Waals surface area contributed by atoms with Crippen LogP contribution in [0, 0.1) is 5.92 Å². The Bertz CT molecular complexity index is 647. The minimum atomic E-state index is -0.774. The Kier molecular flexibility index (Phi) is 9.97. The van der Waals surface area contributed by atoms with Crippen molar-refractivity contribution in [1.29, 1.82) is 0 Å². The molecule has 0 spiro atoms. The number of ketones is 1. The zero-order chi connectivity index (χ0) is 21.2. The second-order valence-corrected chi connectivity index (χ2v) is 8.91. The van der Waals surface area contributed by atoms with Crippen LogP contribution in [0.25, 0.3) is 0 Å². The molecule has 0 radical (unpaired) electrons. The number of hydrogen-bond acceptors (Lipinski definition) is 6.